The van der Waals surface area contributed by atoms with E-state index in [1.54, 1.807) is 0 Å². The van der Waals surface area contributed by atoms with Gasteiger partial charge in [0.2, 0.25) is 0 Å². The van der Waals surface area contributed by atoms with Crippen molar-refractivity contribution in [3.63, 3.8) is 0 Å². The standard InChI is InChI=1S/C20H38N2O/c1-3-4-5-6-7-8-9-10-11-12-13-14-15-18-23-19-20-21-16-17-22(20)2/h16-17H,3-15,18-19H2,1-2H3. The summed E-state index contributed by atoms with van der Waals surface area (Å²) in [6, 6.07) is 0. The highest BCUT2D eigenvalue weighted by Gasteiger charge is 1.98. The van der Waals surface area contributed by atoms with Crippen molar-refractivity contribution in [1.29, 1.82) is 0 Å². The van der Waals surface area contributed by atoms with E-state index in [1.807, 2.05) is 24.0 Å². The average Bonchev–Trinajstić information content (AvgIpc) is 2.96. The van der Waals surface area contributed by atoms with Crippen LogP contribution in [0.3, 0.4) is 0 Å². The van der Waals surface area contributed by atoms with Crippen LogP contribution in [-0.2, 0) is 18.4 Å². The van der Waals surface area contributed by atoms with Crippen molar-refractivity contribution in [2.45, 2.75) is 97.0 Å². The van der Waals surface area contributed by atoms with E-state index >= 15 is 0 Å². The highest BCUT2D eigenvalue weighted by atomic mass is 16.5. The lowest BCUT2D eigenvalue weighted by atomic mass is 10.0. The van der Waals surface area contributed by atoms with Gasteiger partial charge in [0, 0.05) is 26.0 Å². The van der Waals surface area contributed by atoms with Gasteiger partial charge in [-0.2, -0.15) is 0 Å². The Kier molecular flexibility index (Phi) is 13.0. The van der Waals surface area contributed by atoms with E-state index in [4.69, 9.17) is 4.74 Å². The first-order chi connectivity index (χ1) is 11.3. The fourth-order valence-electron chi connectivity index (χ4n) is 2.92. The van der Waals surface area contributed by atoms with Gasteiger partial charge < -0.3 is 9.30 Å². The van der Waals surface area contributed by atoms with Crippen LogP contribution in [0.25, 0.3) is 0 Å². The summed E-state index contributed by atoms with van der Waals surface area (Å²) in [5.41, 5.74) is 0. The van der Waals surface area contributed by atoms with E-state index < -0.39 is 0 Å². The molecule has 0 aliphatic rings. The van der Waals surface area contributed by atoms with E-state index in [9.17, 15) is 0 Å². The van der Waals surface area contributed by atoms with E-state index in [0.717, 1.165) is 12.4 Å². The zero-order valence-electron chi connectivity index (χ0n) is 15.6. The van der Waals surface area contributed by atoms with Crippen molar-refractivity contribution >= 4 is 0 Å². The Morgan fingerprint density at radius 1 is 0.826 bits per heavy atom. The van der Waals surface area contributed by atoms with Gasteiger partial charge in [-0.1, -0.05) is 84.0 Å². The van der Waals surface area contributed by atoms with Gasteiger partial charge >= 0.3 is 0 Å². The van der Waals surface area contributed by atoms with Crippen LogP contribution in [0.2, 0.25) is 0 Å². The van der Waals surface area contributed by atoms with Crippen molar-refractivity contribution in [2.24, 2.45) is 7.05 Å². The highest BCUT2D eigenvalue weighted by Crippen LogP contribution is 2.12. The second kappa shape index (κ2) is 14.7. The number of ether oxygens (including phenoxy) is 1. The van der Waals surface area contributed by atoms with Crippen LogP contribution in [0.4, 0.5) is 0 Å². The number of rotatable bonds is 16. The maximum Gasteiger partial charge on any atom is 0.134 e. The predicted octanol–water partition coefficient (Wildman–Crippen LogP) is 6.03. The summed E-state index contributed by atoms with van der Waals surface area (Å²) in [6.07, 6.45) is 21.9. The molecule has 3 heteroatoms. The third-order valence-corrected chi connectivity index (χ3v) is 4.54. The van der Waals surface area contributed by atoms with Gasteiger partial charge in [-0.25, -0.2) is 4.98 Å². The topological polar surface area (TPSA) is 27.1 Å². The molecule has 3 nitrogen and oxygen atoms in total. The molecule has 0 saturated carbocycles. The highest BCUT2D eigenvalue weighted by molar-refractivity contribution is 4.88. The van der Waals surface area contributed by atoms with E-state index in [2.05, 4.69) is 11.9 Å². The Hall–Kier alpha value is -0.830. The van der Waals surface area contributed by atoms with Crippen molar-refractivity contribution < 1.29 is 4.74 Å². The lowest BCUT2D eigenvalue weighted by Crippen LogP contribution is -2.02. The van der Waals surface area contributed by atoms with Gasteiger partial charge in [0.15, 0.2) is 0 Å². The average molecular weight is 323 g/mol. The Bertz CT molecular complexity index is 362. The molecule has 0 N–H and O–H groups in total. The van der Waals surface area contributed by atoms with Gasteiger partial charge in [-0.3, -0.25) is 0 Å². The molecule has 134 valence electrons. The molecule has 0 fully saturated rings. The molecule has 1 rings (SSSR count). The molecule has 0 unspecified atom stereocenters. The van der Waals surface area contributed by atoms with Crippen molar-refractivity contribution in [3.05, 3.63) is 18.2 Å². The van der Waals surface area contributed by atoms with Crippen LogP contribution in [0, 0.1) is 0 Å². The quantitative estimate of drug-likeness (QED) is 0.347. The largest absolute Gasteiger partial charge is 0.374 e. The molecule has 0 amide bonds. The number of aromatic nitrogens is 2. The number of unbranched alkanes of at least 4 members (excludes halogenated alkanes) is 12. The third-order valence-electron chi connectivity index (χ3n) is 4.54. The van der Waals surface area contributed by atoms with Gasteiger partial charge in [-0.05, 0) is 6.42 Å². The minimum absolute atomic E-state index is 0.641. The zero-order valence-corrected chi connectivity index (χ0v) is 15.6. The van der Waals surface area contributed by atoms with E-state index in [-0.39, 0.29) is 0 Å². The van der Waals surface area contributed by atoms with E-state index in [1.165, 1.54) is 83.5 Å². The summed E-state index contributed by atoms with van der Waals surface area (Å²) in [5.74, 6) is 1.01. The number of hydrogen-bond donors (Lipinski definition) is 0. The number of nitrogens with zero attached hydrogens (tertiary/aromatic N) is 2. The Labute approximate surface area is 143 Å². The second-order valence-electron chi connectivity index (χ2n) is 6.75. The van der Waals surface area contributed by atoms with Crippen molar-refractivity contribution in [3.8, 4) is 0 Å². The monoisotopic (exact) mass is 322 g/mol. The molecule has 0 radical (unpaired) electrons. The molecule has 0 bridgehead atoms. The molecule has 0 atom stereocenters. The Morgan fingerprint density at radius 2 is 1.35 bits per heavy atom. The summed E-state index contributed by atoms with van der Waals surface area (Å²) < 4.78 is 7.69. The fourth-order valence-corrected chi connectivity index (χ4v) is 2.92. The lowest BCUT2D eigenvalue weighted by molar-refractivity contribution is 0.109. The number of imidazole rings is 1. The molecule has 1 aromatic rings. The van der Waals surface area contributed by atoms with Crippen molar-refractivity contribution in [1.82, 2.24) is 9.55 Å². The van der Waals surface area contributed by atoms with Gasteiger partial charge in [0.1, 0.15) is 12.4 Å². The van der Waals surface area contributed by atoms with Gasteiger partial charge in [0.05, 0.1) is 0 Å². The van der Waals surface area contributed by atoms with Crippen LogP contribution in [0.5, 0.6) is 0 Å². The molecular formula is C20H38N2O. The summed E-state index contributed by atoms with van der Waals surface area (Å²) >= 11 is 0. The van der Waals surface area contributed by atoms with Crippen molar-refractivity contribution in [2.75, 3.05) is 6.61 Å². The number of aryl methyl sites for hydroxylation is 1. The van der Waals surface area contributed by atoms with E-state index in [0.29, 0.717) is 6.61 Å². The molecule has 1 heterocycles. The minimum Gasteiger partial charge on any atom is -0.374 e. The third kappa shape index (κ3) is 11.4. The molecule has 0 aliphatic carbocycles. The SMILES string of the molecule is CCCCCCCCCCCCCCCOCc1nccn1C. The lowest BCUT2D eigenvalue weighted by Gasteiger charge is -2.05. The second-order valence-corrected chi connectivity index (χ2v) is 6.75. The maximum absolute atomic E-state index is 5.68. The molecular weight excluding hydrogens is 284 g/mol. The fraction of sp³-hybridized carbons (Fsp3) is 0.850. The minimum atomic E-state index is 0.641. The van der Waals surface area contributed by atoms with Crippen LogP contribution in [-0.4, -0.2) is 16.2 Å². The Balaban J connectivity index is 1.72. The Morgan fingerprint density at radius 3 is 1.83 bits per heavy atom. The number of hydrogen-bond acceptors (Lipinski definition) is 2. The molecule has 0 spiro atoms. The molecule has 1 aromatic heterocycles. The molecule has 23 heavy (non-hydrogen) atoms. The first kappa shape index (κ1) is 20.2. The van der Waals surface area contributed by atoms with Gasteiger partial charge in [0.25, 0.3) is 0 Å². The van der Waals surface area contributed by atoms with Crippen LogP contribution < -0.4 is 0 Å². The molecule has 0 aliphatic heterocycles. The zero-order chi connectivity index (χ0) is 16.6. The summed E-state index contributed by atoms with van der Waals surface area (Å²) in [4.78, 5) is 4.26. The molecule has 0 saturated heterocycles. The maximum atomic E-state index is 5.68. The summed E-state index contributed by atoms with van der Waals surface area (Å²) in [6.45, 7) is 3.79. The van der Waals surface area contributed by atoms with Gasteiger partial charge in [-0.15, -0.1) is 0 Å². The first-order valence-corrected chi connectivity index (χ1v) is 9.88. The van der Waals surface area contributed by atoms with Crippen LogP contribution in [0.15, 0.2) is 12.4 Å². The first-order valence-electron chi connectivity index (χ1n) is 9.88. The smallest absolute Gasteiger partial charge is 0.134 e. The van der Waals surface area contributed by atoms with Crippen LogP contribution in [0.1, 0.15) is 96.2 Å². The van der Waals surface area contributed by atoms with Crippen LogP contribution >= 0.6 is 0 Å². The summed E-state index contributed by atoms with van der Waals surface area (Å²) in [5, 5.41) is 0. The summed E-state index contributed by atoms with van der Waals surface area (Å²) in [7, 11) is 2.01. The normalized spacial score (nSPS) is 11.2. The molecule has 0 aromatic carbocycles. The predicted molar refractivity (Wildman–Crippen MR) is 98.6 cm³/mol.